The molecule has 0 aromatic heterocycles. The van der Waals surface area contributed by atoms with E-state index < -0.39 is 18.1 Å². The Morgan fingerprint density at radius 3 is 1.96 bits per heavy atom. The molecular weight excluding hydrogens is 344 g/mol. The van der Waals surface area contributed by atoms with Crippen molar-refractivity contribution in [2.75, 3.05) is 0 Å². The molecule has 0 heterocycles. The molecule has 2 aromatic carbocycles. The molecule has 0 aliphatic rings. The maximum atomic E-state index is 12.6. The summed E-state index contributed by atoms with van der Waals surface area (Å²) in [7, 11) is 0. The van der Waals surface area contributed by atoms with E-state index in [1.165, 1.54) is 6.92 Å². The molecule has 0 saturated carbocycles. The second-order valence-corrected chi connectivity index (χ2v) is 6.50. The van der Waals surface area contributed by atoms with Crippen molar-refractivity contribution in [3.63, 3.8) is 0 Å². The summed E-state index contributed by atoms with van der Waals surface area (Å²) in [5.74, 6) is -1.57. The van der Waals surface area contributed by atoms with Gasteiger partial charge in [0.1, 0.15) is 0 Å². The van der Waals surface area contributed by atoms with Gasteiger partial charge in [-0.25, -0.2) is 0 Å². The van der Waals surface area contributed by atoms with Gasteiger partial charge in [0.25, 0.3) is 0 Å². The predicted molar refractivity (Wildman–Crippen MR) is 102 cm³/mol. The van der Waals surface area contributed by atoms with Gasteiger partial charge in [-0.3, -0.25) is 14.4 Å². The van der Waals surface area contributed by atoms with Crippen LogP contribution in [0.4, 0.5) is 0 Å². The van der Waals surface area contributed by atoms with Crippen molar-refractivity contribution in [3.05, 3.63) is 71.3 Å². The van der Waals surface area contributed by atoms with Crippen LogP contribution in [0.3, 0.4) is 0 Å². The number of hydrogen-bond acceptors (Lipinski definition) is 3. The van der Waals surface area contributed by atoms with E-state index in [4.69, 9.17) is 5.11 Å². The van der Waals surface area contributed by atoms with Crippen LogP contribution in [0, 0.1) is 6.92 Å². The SMILES string of the molecule is CC(=O)NC(CC(=O)NC(CC(=O)O)c1ccccc1)c1ccc(C)cc1. The molecule has 2 atom stereocenters. The van der Waals surface area contributed by atoms with E-state index in [0.29, 0.717) is 0 Å². The second-order valence-electron chi connectivity index (χ2n) is 6.50. The first kappa shape index (κ1) is 20.2. The zero-order valence-electron chi connectivity index (χ0n) is 15.4. The summed E-state index contributed by atoms with van der Waals surface area (Å²) >= 11 is 0. The number of carbonyl (C=O) groups excluding carboxylic acids is 2. The van der Waals surface area contributed by atoms with Crippen molar-refractivity contribution in [2.45, 2.75) is 38.8 Å². The molecule has 0 radical (unpaired) electrons. The van der Waals surface area contributed by atoms with Crippen LogP contribution in [-0.4, -0.2) is 22.9 Å². The lowest BCUT2D eigenvalue weighted by Crippen LogP contribution is -2.35. The third-order valence-electron chi connectivity index (χ3n) is 4.16. The Kier molecular flexibility index (Phi) is 7.11. The number of carbonyl (C=O) groups is 3. The van der Waals surface area contributed by atoms with Crippen LogP contribution >= 0.6 is 0 Å². The fourth-order valence-electron chi connectivity index (χ4n) is 2.85. The largest absolute Gasteiger partial charge is 0.481 e. The van der Waals surface area contributed by atoms with E-state index >= 15 is 0 Å². The van der Waals surface area contributed by atoms with Gasteiger partial charge in [0.2, 0.25) is 11.8 Å². The van der Waals surface area contributed by atoms with E-state index in [9.17, 15) is 14.4 Å². The molecule has 3 N–H and O–H groups in total. The highest BCUT2D eigenvalue weighted by molar-refractivity contribution is 5.80. The summed E-state index contributed by atoms with van der Waals surface area (Å²) in [4.78, 5) is 35.3. The highest BCUT2D eigenvalue weighted by atomic mass is 16.4. The summed E-state index contributed by atoms with van der Waals surface area (Å²) in [5, 5.41) is 14.7. The topological polar surface area (TPSA) is 95.5 Å². The van der Waals surface area contributed by atoms with Crippen molar-refractivity contribution in [2.24, 2.45) is 0 Å². The van der Waals surface area contributed by atoms with Gasteiger partial charge < -0.3 is 15.7 Å². The van der Waals surface area contributed by atoms with Gasteiger partial charge >= 0.3 is 5.97 Å². The quantitative estimate of drug-likeness (QED) is 0.668. The average molecular weight is 368 g/mol. The standard InChI is InChI=1S/C21H24N2O4/c1-14-8-10-17(11-9-14)18(22-15(2)24)12-20(25)23-19(13-21(26)27)16-6-4-3-5-7-16/h3-11,18-19H,12-13H2,1-2H3,(H,22,24)(H,23,25)(H,26,27). The summed E-state index contributed by atoms with van der Waals surface area (Å²) in [6.45, 7) is 3.36. The van der Waals surface area contributed by atoms with Gasteiger partial charge in [-0.15, -0.1) is 0 Å². The second kappa shape index (κ2) is 9.52. The maximum Gasteiger partial charge on any atom is 0.305 e. The Hall–Kier alpha value is -3.15. The molecule has 2 amide bonds. The molecule has 2 aromatic rings. The molecule has 0 aliphatic carbocycles. The smallest absolute Gasteiger partial charge is 0.305 e. The van der Waals surface area contributed by atoms with Gasteiger partial charge in [-0.2, -0.15) is 0 Å². The van der Waals surface area contributed by atoms with Crippen LogP contribution in [0.5, 0.6) is 0 Å². The molecule has 142 valence electrons. The molecule has 6 heteroatoms. The van der Waals surface area contributed by atoms with Gasteiger partial charge in [0.15, 0.2) is 0 Å². The molecule has 27 heavy (non-hydrogen) atoms. The number of amides is 2. The van der Waals surface area contributed by atoms with E-state index in [2.05, 4.69) is 10.6 Å². The van der Waals surface area contributed by atoms with E-state index in [0.717, 1.165) is 16.7 Å². The fraction of sp³-hybridized carbons (Fsp3) is 0.286. The number of benzene rings is 2. The van der Waals surface area contributed by atoms with Crippen LogP contribution in [0.2, 0.25) is 0 Å². The normalized spacial score (nSPS) is 12.7. The number of aliphatic carboxylic acids is 1. The summed E-state index contributed by atoms with van der Waals surface area (Å²) in [5.41, 5.74) is 2.62. The zero-order chi connectivity index (χ0) is 19.8. The van der Waals surface area contributed by atoms with E-state index in [1.807, 2.05) is 37.3 Å². The van der Waals surface area contributed by atoms with Crippen LogP contribution < -0.4 is 10.6 Å². The minimum Gasteiger partial charge on any atom is -0.481 e. The number of carboxylic acids is 1. The minimum absolute atomic E-state index is 0.0194. The van der Waals surface area contributed by atoms with Crippen molar-refractivity contribution in [1.29, 1.82) is 0 Å². The maximum absolute atomic E-state index is 12.6. The Bertz CT molecular complexity index is 788. The van der Waals surface area contributed by atoms with Crippen molar-refractivity contribution in [1.82, 2.24) is 10.6 Å². The fourth-order valence-corrected chi connectivity index (χ4v) is 2.85. The lowest BCUT2D eigenvalue weighted by molar-refractivity contribution is -0.137. The average Bonchev–Trinajstić information content (AvgIpc) is 2.61. The van der Waals surface area contributed by atoms with Crippen LogP contribution in [0.25, 0.3) is 0 Å². The van der Waals surface area contributed by atoms with E-state index in [-0.39, 0.29) is 24.7 Å². The first-order valence-electron chi connectivity index (χ1n) is 8.75. The third kappa shape index (κ3) is 6.58. The van der Waals surface area contributed by atoms with Crippen molar-refractivity contribution < 1.29 is 19.5 Å². The molecule has 6 nitrogen and oxygen atoms in total. The van der Waals surface area contributed by atoms with Crippen molar-refractivity contribution >= 4 is 17.8 Å². The number of rotatable bonds is 8. The molecule has 0 bridgehead atoms. The first-order valence-corrected chi connectivity index (χ1v) is 8.75. The summed E-state index contributed by atoms with van der Waals surface area (Å²) in [6.07, 6.45) is -0.198. The number of nitrogens with one attached hydrogen (secondary N) is 2. The Morgan fingerprint density at radius 2 is 1.41 bits per heavy atom. The van der Waals surface area contributed by atoms with Gasteiger partial charge in [0, 0.05) is 6.92 Å². The van der Waals surface area contributed by atoms with Gasteiger partial charge in [-0.1, -0.05) is 60.2 Å². The van der Waals surface area contributed by atoms with Crippen LogP contribution in [0.1, 0.15) is 48.5 Å². The number of aryl methyl sites for hydroxylation is 1. The highest BCUT2D eigenvalue weighted by Crippen LogP contribution is 2.20. The molecule has 2 unspecified atom stereocenters. The predicted octanol–water partition coefficient (Wildman–Crippen LogP) is 2.89. The minimum atomic E-state index is -0.999. The molecular formula is C21H24N2O4. The molecule has 0 fully saturated rings. The lowest BCUT2D eigenvalue weighted by atomic mass is 10.00. The first-order chi connectivity index (χ1) is 12.8. The third-order valence-corrected chi connectivity index (χ3v) is 4.16. The molecule has 0 spiro atoms. The Morgan fingerprint density at radius 1 is 0.852 bits per heavy atom. The van der Waals surface area contributed by atoms with Gasteiger partial charge in [0.05, 0.1) is 24.9 Å². The van der Waals surface area contributed by atoms with Crippen LogP contribution in [0.15, 0.2) is 54.6 Å². The Labute approximate surface area is 158 Å². The summed E-state index contributed by atoms with van der Waals surface area (Å²) in [6, 6.07) is 15.4. The van der Waals surface area contributed by atoms with Gasteiger partial charge in [-0.05, 0) is 18.1 Å². The van der Waals surface area contributed by atoms with E-state index in [1.54, 1.807) is 24.3 Å². The Balaban J connectivity index is 2.13. The number of hydrogen-bond donors (Lipinski definition) is 3. The highest BCUT2D eigenvalue weighted by Gasteiger charge is 2.22. The summed E-state index contributed by atoms with van der Waals surface area (Å²) < 4.78 is 0. The molecule has 2 rings (SSSR count). The zero-order valence-corrected chi connectivity index (χ0v) is 15.4. The monoisotopic (exact) mass is 368 g/mol. The molecule has 0 aliphatic heterocycles. The van der Waals surface area contributed by atoms with Crippen LogP contribution in [-0.2, 0) is 14.4 Å². The lowest BCUT2D eigenvalue weighted by Gasteiger charge is -2.21. The van der Waals surface area contributed by atoms with Crippen molar-refractivity contribution in [3.8, 4) is 0 Å². The molecule has 0 saturated heterocycles. The number of carboxylic acid groups (broad SMARTS) is 1.